The number of rotatable bonds is 4. The number of nitrogens with one attached hydrogen (secondary N) is 1. The summed E-state index contributed by atoms with van der Waals surface area (Å²) in [5, 5.41) is 0. The molecular weight excluding hydrogens is 962 g/mol. The number of aromatic nitrogens is 1. The molecule has 0 spiro atoms. The molecular formula is C45H11F20N3. The molecule has 4 aliphatic rings. The Labute approximate surface area is 363 Å². The first-order valence-corrected chi connectivity index (χ1v) is 18.5. The molecule has 0 atom stereocenters. The largest absolute Gasteiger partial charge is 0.354 e. The Bertz CT molecular complexity index is 3180. The number of hydrogen-bond donors (Lipinski definition) is 1. The molecule has 1 N–H and O–H groups in total. The topological polar surface area (TPSA) is 40.5 Å². The fourth-order valence-electron chi connectivity index (χ4n) is 7.84. The van der Waals surface area contributed by atoms with E-state index in [2.05, 4.69) is 15.0 Å². The van der Waals surface area contributed by atoms with Crippen LogP contribution in [0.1, 0.15) is 40.1 Å². The molecule has 68 heavy (non-hydrogen) atoms. The summed E-state index contributed by atoms with van der Waals surface area (Å²) in [6.07, 6.45) is 2.91. The Morgan fingerprint density at radius 2 is 0.515 bits per heavy atom. The zero-order valence-electron chi connectivity index (χ0n) is 32.3. The molecule has 5 aromatic rings. The van der Waals surface area contributed by atoms with Crippen LogP contribution < -0.4 is 0 Å². The number of nitrogens with zero attached hydrogens (tertiary/aromatic N) is 2. The van der Waals surface area contributed by atoms with Gasteiger partial charge in [0.25, 0.3) is 0 Å². The van der Waals surface area contributed by atoms with Gasteiger partial charge in [-0.15, -0.1) is 0 Å². The maximum Gasteiger partial charge on any atom is 0.200 e. The second-order valence-electron chi connectivity index (χ2n) is 14.6. The predicted molar refractivity (Wildman–Crippen MR) is 199 cm³/mol. The Morgan fingerprint density at radius 3 is 0.779 bits per heavy atom. The third kappa shape index (κ3) is 6.44. The lowest BCUT2D eigenvalue weighted by Gasteiger charge is -2.17. The van der Waals surface area contributed by atoms with Gasteiger partial charge in [0.15, 0.2) is 93.1 Å². The highest BCUT2D eigenvalue weighted by atomic mass is 19.2. The van der Waals surface area contributed by atoms with Gasteiger partial charge in [-0.2, -0.15) is 0 Å². The van der Waals surface area contributed by atoms with Crippen LogP contribution in [0.5, 0.6) is 0 Å². The molecule has 23 heteroatoms. The standard InChI is InChI=1S/C45H11F20N3/c46-26-22(27(47)35(55)42(62)34(26)54)18-10-1-2-11(9-10)19(23-28(48)36(56)43(63)37(57)29(23)49)13-4-6-15(67-13)21(25-32(52)40(60)45(65)41(61)33(25)53)17-8-7-16(68-17)20(14-5-3-12(18)66-14)24-30(50)38(58)44(64)39(59)31(24)51/h1-8,68H,9H2. The lowest BCUT2D eigenvalue weighted by molar-refractivity contribution is 0.376. The summed E-state index contributed by atoms with van der Waals surface area (Å²) in [6.45, 7) is 0. The van der Waals surface area contributed by atoms with Gasteiger partial charge in [-0.25, -0.2) is 97.8 Å². The van der Waals surface area contributed by atoms with E-state index in [4.69, 9.17) is 0 Å². The molecule has 4 heterocycles. The zero-order valence-corrected chi connectivity index (χ0v) is 32.3. The van der Waals surface area contributed by atoms with E-state index in [0.717, 1.165) is 12.2 Å². The average molecular weight is 974 g/mol. The van der Waals surface area contributed by atoms with E-state index in [-0.39, 0.29) is 0 Å². The van der Waals surface area contributed by atoms with E-state index in [0.29, 0.717) is 36.4 Å². The summed E-state index contributed by atoms with van der Waals surface area (Å²) < 4.78 is 303. The van der Waals surface area contributed by atoms with Crippen LogP contribution in [0.25, 0.3) is 22.3 Å². The van der Waals surface area contributed by atoms with Crippen molar-refractivity contribution in [2.75, 3.05) is 0 Å². The van der Waals surface area contributed by atoms with Crippen LogP contribution in [0.15, 0.2) is 81.1 Å². The van der Waals surface area contributed by atoms with Gasteiger partial charge in [0, 0.05) is 33.7 Å². The van der Waals surface area contributed by atoms with Gasteiger partial charge in [-0.05, 0) is 54.0 Å². The molecule has 3 nitrogen and oxygen atoms in total. The molecule has 0 saturated carbocycles. The molecule has 1 aliphatic carbocycles. The molecule has 8 bridgehead atoms. The highest BCUT2D eigenvalue weighted by Gasteiger charge is 2.38. The number of fused-ring (bicyclic) bond motifs is 6. The maximum atomic E-state index is 15.8. The molecule has 9 rings (SSSR count). The normalized spacial score (nSPS) is 15.6. The van der Waals surface area contributed by atoms with Gasteiger partial charge in [0.05, 0.1) is 45.1 Å². The van der Waals surface area contributed by atoms with E-state index < -0.39 is 213 Å². The van der Waals surface area contributed by atoms with Crippen LogP contribution in [0.4, 0.5) is 87.8 Å². The molecule has 0 fully saturated rings. The summed E-state index contributed by atoms with van der Waals surface area (Å²) in [7, 11) is 0. The van der Waals surface area contributed by atoms with Crippen molar-refractivity contribution >= 4 is 33.7 Å². The Morgan fingerprint density at radius 1 is 0.279 bits per heavy atom. The lowest BCUT2D eigenvalue weighted by atomic mass is 9.90. The van der Waals surface area contributed by atoms with Gasteiger partial charge in [-0.3, -0.25) is 0 Å². The van der Waals surface area contributed by atoms with Crippen LogP contribution in [0, 0.1) is 116 Å². The average Bonchev–Trinajstić information content (AvgIpc) is 4.18. The van der Waals surface area contributed by atoms with E-state index >= 15 is 35.1 Å². The molecule has 1 aromatic heterocycles. The summed E-state index contributed by atoms with van der Waals surface area (Å²) >= 11 is 0. The Kier molecular flexibility index (Phi) is 10.7. The van der Waals surface area contributed by atoms with Crippen molar-refractivity contribution in [2.24, 2.45) is 9.98 Å². The van der Waals surface area contributed by atoms with Crippen LogP contribution in [0.3, 0.4) is 0 Å². The first-order chi connectivity index (χ1) is 32.1. The summed E-state index contributed by atoms with van der Waals surface area (Å²) in [5.74, 6) is -52.2. The number of hydrogen-bond acceptors (Lipinski definition) is 2. The molecule has 0 unspecified atom stereocenters. The second-order valence-corrected chi connectivity index (χ2v) is 14.6. The number of aliphatic imine (C=N–C) groups is 2. The van der Waals surface area contributed by atoms with Crippen LogP contribution in [-0.4, -0.2) is 16.4 Å². The number of aromatic amines is 1. The van der Waals surface area contributed by atoms with Crippen molar-refractivity contribution < 1.29 is 87.8 Å². The first kappa shape index (κ1) is 45.4. The van der Waals surface area contributed by atoms with Gasteiger partial charge in [0.1, 0.15) is 0 Å². The number of halogens is 20. The Balaban J connectivity index is 1.49. The number of benzene rings is 4. The van der Waals surface area contributed by atoms with Crippen molar-refractivity contribution in [3.63, 3.8) is 0 Å². The molecule has 3 aliphatic heterocycles. The Hall–Kier alpha value is -7.72. The first-order valence-electron chi connectivity index (χ1n) is 18.5. The van der Waals surface area contributed by atoms with Gasteiger partial charge < -0.3 is 4.98 Å². The third-order valence-electron chi connectivity index (χ3n) is 10.9. The summed E-state index contributed by atoms with van der Waals surface area (Å²) in [4.78, 5) is 10.2. The SMILES string of the molecule is Fc1c(F)c(F)c(C2=C3C=CC(=C(c4c(F)c(F)c(F)c(F)c4F)C4=NC(=C(c5c(F)c(F)c(F)c(F)c5F)c5ccc([nH]5)C(c5c(F)c(F)c(F)c(F)c5F)=C5C=CC2=N5)C=C4)C3)c(F)c1F. The van der Waals surface area contributed by atoms with Crippen LogP contribution in [0.2, 0.25) is 0 Å². The molecule has 0 amide bonds. The second kappa shape index (κ2) is 16.0. The molecule has 4 aromatic carbocycles. The van der Waals surface area contributed by atoms with Gasteiger partial charge in [-0.1, -0.05) is 12.2 Å². The maximum absolute atomic E-state index is 15.8. The predicted octanol–water partition coefficient (Wildman–Crippen LogP) is 13.2. The number of H-pyrrole nitrogens is 1. The zero-order chi connectivity index (χ0) is 49.3. The highest BCUT2D eigenvalue weighted by Crippen LogP contribution is 2.46. The van der Waals surface area contributed by atoms with Crippen LogP contribution >= 0.6 is 0 Å². The monoisotopic (exact) mass is 973 g/mol. The summed E-state index contributed by atoms with van der Waals surface area (Å²) in [6, 6.07) is 1.28. The van der Waals surface area contributed by atoms with Gasteiger partial charge >= 0.3 is 0 Å². The van der Waals surface area contributed by atoms with E-state index in [1.54, 1.807) is 0 Å². The van der Waals surface area contributed by atoms with Crippen molar-refractivity contribution in [3.05, 3.63) is 221 Å². The molecule has 0 radical (unpaired) electrons. The number of allylic oxidation sites excluding steroid dienone is 10. The fourth-order valence-corrected chi connectivity index (χ4v) is 7.84. The molecule has 346 valence electrons. The minimum absolute atomic E-state index is 0.628. The quantitative estimate of drug-likeness (QED) is 0.106. The van der Waals surface area contributed by atoms with E-state index in [1.807, 2.05) is 0 Å². The highest BCUT2D eigenvalue weighted by molar-refractivity contribution is 6.34. The van der Waals surface area contributed by atoms with E-state index in [9.17, 15) is 52.7 Å². The smallest absolute Gasteiger partial charge is 0.200 e. The fraction of sp³-hybridized carbons (Fsp3) is 0.0222. The van der Waals surface area contributed by atoms with Crippen LogP contribution in [-0.2, 0) is 0 Å². The summed E-state index contributed by atoms with van der Waals surface area (Å²) in [5.41, 5.74) is -19.3. The van der Waals surface area contributed by atoms with E-state index in [1.165, 1.54) is 0 Å². The lowest BCUT2D eigenvalue weighted by Crippen LogP contribution is -2.13. The van der Waals surface area contributed by atoms with Crippen molar-refractivity contribution in [1.82, 2.24) is 4.98 Å². The minimum atomic E-state index is -2.71. The van der Waals surface area contributed by atoms with Crippen molar-refractivity contribution in [3.8, 4) is 0 Å². The van der Waals surface area contributed by atoms with Gasteiger partial charge in [0.2, 0.25) is 23.3 Å². The minimum Gasteiger partial charge on any atom is -0.354 e. The van der Waals surface area contributed by atoms with Crippen molar-refractivity contribution in [2.45, 2.75) is 6.42 Å². The third-order valence-corrected chi connectivity index (χ3v) is 10.9. The van der Waals surface area contributed by atoms with Crippen molar-refractivity contribution in [1.29, 1.82) is 0 Å². The molecule has 0 saturated heterocycles.